The third-order valence-corrected chi connectivity index (χ3v) is 4.35. The number of nitrogens with zero attached hydrogens (tertiary/aromatic N) is 2. The van der Waals surface area contributed by atoms with E-state index in [2.05, 4.69) is 16.9 Å². The Balaban J connectivity index is 1.73. The van der Waals surface area contributed by atoms with E-state index in [1.807, 2.05) is 0 Å². The van der Waals surface area contributed by atoms with Crippen LogP contribution in [0.1, 0.15) is 16.8 Å². The lowest BCUT2D eigenvalue weighted by Crippen LogP contribution is -2.57. The Morgan fingerprint density at radius 3 is 2.43 bits per heavy atom. The molecule has 0 unspecified atom stereocenters. The van der Waals surface area contributed by atoms with Crippen LogP contribution in [-0.4, -0.2) is 40.6 Å². The summed E-state index contributed by atoms with van der Waals surface area (Å²) in [6.07, 6.45) is -2.91. The number of halogens is 4. The van der Waals surface area contributed by atoms with E-state index < -0.39 is 23.5 Å². The third kappa shape index (κ3) is 4.03. The van der Waals surface area contributed by atoms with Crippen LogP contribution in [0.3, 0.4) is 0 Å². The van der Waals surface area contributed by atoms with Crippen LogP contribution in [0.15, 0.2) is 55.0 Å². The normalized spacial score (nSPS) is 14.4. The van der Waals surface area contributed by atoms with E-state index in [9.17, 15) is 22.4 Å². The number of likely N-dealkylation sites (tertiary alicyclic amines) is 1. The summed E-state index contributed by atoms with van der Waals surface area (Å²) < 4.78 is 51.0. The van der Waals surface area contributed by atoms with Crippen LogP contribution in [-0.2, 0) is 11.0 Å². The van der Waals surface area contributed by atoms with Crippen LogP contribution in [0.25, 0.3) is 0 Å². The van der Waals surface area contributed by atoms with Crippen molar-refractivity contribution in [1.29, 1.82) is 0 Å². The molecule has 0 spiro atoms. The number of alkyl halides is 3. The average Bonchev–Trinajstić information content (AvgIpc) is 2.63. The number of benzene rings is 1. The quantitative estimate of drug-likeness (QED) is 0.462. The van der Waals surface area contributed by atoms with E-state index in [-0.39, 0.29) is 24.8 Å². The molecule has 0 atom stereocenters. The number of carbonyl (C=O) groups excluding carboxylic acids is 1. The van der Waals surface area contributed by atoms with E-state index in [0.717, 1.165) is 12.1 Å². The summed E-state index contributed by atoms with van der Waals surface area (Å²) in [7, 11) is 0. The van der Waals surface area contributed by atoms with Gasteiger partial charge in [0.25, 0.3) is 5.91 Å². The molecular formula is C19H17F4N4O+. The Morgan fingerprint density at radius 1 is 1.21 bits per heavy atom. The molecule has 0 aliphatic carbocycles. The topological polar surface area (TPSA) is 70.8 Å². The van der Waals surface area contributed by atoms with Crippen molar-refractivity contribution < 1.29 is 27.8 Å². The maximum atomic E-state index is 12.9. The summed E-state index contributed by atoms with van der Waals surface area (Å²) in [5, 5.41) is 9.30. The molecule has 1 fully saturated rings. The average molecular weight is 393 g/mol. The van der Waals surface area contributed by atoms with Crippen molar-refractivity contribution in [2.45, 2.75) is 12.2 Å². The first-order chi connectivity index (χ1) is 13.2. The van der Waals surface area contributed by atoms with Gasteiger partial charge in [0.05, 0.1) is 17.3 Å². The van der Waals surface area contributed by atoms with Crippen LogP contribution in [0.5, 0.6) is 0 Å². The predicted molar refractivity (Wildman–Crippen MR) is 95.1 cm³/mol. The Bertz CT molecular complexity index is 918. The highest BCUT2D eigenvalue weighted by molar-refractivity contribution is 6.10. The number of hydrogen-bond donors (Lipinski definition) is 2. The van der Waals surface area contributed by atoms with Gasteiger partial charge in [0, 0.05) is 24.8 Å². The molecule has 1 saturated heterocycles. The number of aromatic nitrogens is 1. The van der Waals surface area contributed by atoms with Crippen molar-refractivity contribution in [2.24, 2.45) is 0 Å². The largest absolute Gasteiger partial charge is 0.416 e. The molecule has 0 radical (unpaired) electrons. The van der Waals surface area contributed by atoms with Crippen LogP contribution < -0.4 is 10.7 Å². The smallest absolute Gasteiger partial charge is 0.377 e. The maximum Gasteiger partial charge on any atom is 0.416 e. The standard InChI is InChI=1S/C19H16F4N4O/c1-11(20)18(28)27-9-14(10-27)26-15-3-2-8-25-17(15)16(24)12-4-6-13(7-5-12)19(21,22)23/h2-8,14,24,26H,1,9-10H2/p+1. The molecule has 1 amide bonds. The molecule has 5 nitrogen and oxygen atoms in total. The molecule has 1 aromatic carbocycles. The highest BCUT2D eigenvalue weighted by atomic mass is 19.4. The Kier molecular flexibility index (Phi) is 5.17. The van der Waals surface area contributed by atoms with Crippen molar-refractivity contribution in [2.75, 3.05) is 18.4 Å². The molecule has 1 aliphatic rings. The summed E-state index contributed by atoms with van der Waals surface area (Å²) in [6, 6.07) is 7.75. The van der Waals surface area contributed by atoms with Gasteiger partial charge in [0.2, 0.25) is 5.71 Å². The fourth-order valence-corrected chi connectivity index (χ4v) is 2.84. The number of rotatable bonds is 5. The molecule has 0 saturated carbocycles. The summed E-state index contributed by atoms with van der Waals surface area (Å²) >= 11 is 0. The molecule has 3 rings (SSSR count). The Labute approximate surface area is 158 Å². The lowest BCUT2D eigenvalue weighted by atomic mass is 10.0. The van der Waals surface area contributed by atoms with Crippen molar-refractivity contribution in [3.8, 4) is 0 Å². The van der Waals surface area contributed by atoms with Gasteiger partial charge >= 0.3 is 6.18 Å². The van der Waals surface area contributed by atoms with Crippen molar-refractivity contribution in [1.82, 2.24) is 9.88 Å². The fourth-order valence-electron chi connectivity index (χ4n) is 2.84. The first-order valence-corrected chi connectivity index (χ1v) is 8.32. The Morgan fingerprint density at radius 2 is 1.86 bits per heavy atom. The number of anilines is 1. The molecule has 28 heavy (non-hydrogen) atoms. The second kappa shape index (κ2) is 7.41. The minimum atomic E-state index is -4.43. The zero-order valence-electron chi connectivity index (χ0n) is 14.6. The molecule has 0 bridgehead atoms. The first-order valence-electron chi connectivity index (χ1n) is 8.32. The minimum Gasteiger partial charge on any atom is -0.377 e. The molecule has 2 heterocycles. The van der Waals surface area contributed by atoms with Gasteiger partial charge in [0.15, 0.2) is 11.5 Å². The zero-order valence-corrected chi connectivity index (χ0v) is 14.6. The van der Waals surface area contributed by atoms with Crippen molar-refractivity contribution >= 4 is 17.3 Å². The van der Waals surface area contributed by atoms with Crippen LogP contribution in [0.4, 0.5) is 23.2 Å². The summed E-state index contributed by atoms with van der Waals surface area (Å²) in [4.78, 5) is 17.0. The Hall–Kier alpha value is -3.23. The van der Waals surface area contributed by atoms with Crippen LogP contribution >= 0.6 is 0 Å². The summed E-state index contributed by atoms with van der Waals surface area (Å²) in [5.41, 5.74) is 0.783. The minimum absolute atomic E-state index is 0.133. The van der Waals surface area contributed by atoms with Crippen LogP contribution in [0.2, 0.25) is 0 Å². The number of nitrogens with two attached hydrogens (primary N) is 1. The highest BCUT2D eigenvalue weighted by Gasteiger charge is 2.33. The molecular weight excluding hydrogens is 376 g/mol. The third-order valence-electron chi connectivity index (χ3n) is 4.35. The van der Waals surface area contributed by atoms with E-state index >= 15 is 0 Å². The SMILES string of the molecule is C=C(F)C(=O)N1CC(Nc2cccnc2C(=[NH2+])c2ccc(C(F)(F)F)cc2)C1. The fraction of sp³-hybridized carbons (Fsp3) is 0.211. The molecule has 1 aliphatic heterocycles. The summed E-state index contributed by atoms with van der Waals surface area (Å²) in [5.74, 6) is -1.76. The van der Waals surface area contributed by atoms with Gasteiger partial charge in [-0.3, -0.25) is 10.2 Å². The molecule has 3 N–H and O–H groups in total. The number of amides is 1. The van der Waals surface area contributed by atoms with Gasteiger partial charge in [0.1, 0.15) is 0 Å². The maximum absolute atomic E-state index is 12.9. The predicted octanol–water partition coefficient (Wildman–Crippen LogP) is 1.80. The van der Waals surface area contributed by atoms with Gasteiger partial charge in [-0.05, 0) is 36.4 Å². The lowest BCUT2D eigenvalue weighted by molar-refractivity contribution is -0.137. The van der Waals surface area contributed by atoms with E-state index in [4.69, 9.17) is 5.41 Å². The van der Waals surface area contributed by atoms with E-state index in [1.165, 1.54) is 23.2 Å². The van der Waals surface area contributed by atoms with Gasteiger partial charge < -0.3 is 10.2 Å². The lowest BCUT2D eigenvalue weighted by Gasteiger charge is -2.39. The molecule has 9 heteroatoms. The van der Waals surface area contributed by atoms with Crippen LogP contribution in [0, 0.1) is 0 Å². The zero-order chi connectivity index (χ0) is 20.5. The molecule has 1 aromatic heterocycles. The summed E-state index contributed by atoms with van der Waals surface area (Å²) in [6.45, 7) is 3.56. The number of carbonyl (C=O) groups is 1. The number of hydrogen-bond acceptors (Lipinski definition) is 3. The van der Waals surface area contributed by atoms with E-state index in [0.29, 0.717) is 16.9 Å². The van der Waals surface area contributed by atoms with Gasteiger partial charge in [-0.2, -0.15) is 13.2 Å². The number of nitrogens with one attached hydrogen (secondary N) is 1. The second-order valence-electron chi connectivity index (χ2n) is 6.34. The van der Waals surface area contributed by atoms with Gasteiger partial charge in [-0.15, -0.1) is 0 Å². The first kappa shape index (κ1) is 19.5. The van der Waals surface area contributed by atoms with E-state index in [1.54, 1.807) is 12.1 Å². The monoisotopic (exact) mass is 393 g/mol. The molecule has 146 valence electrons. The second-order valence-corrected chi connectivity index (χ2v) is 6.34. The number of pyridine rings is 1. The van der Waals surface area contributed by atoms with Gasteiger partial charge in [-0.1, -0.05) is 6.58 Å². The highest BCUT2D eigenvalue weighted by Crippen LogP contribution is 2.29. The van der Waals surface area contributed by atoms with Crippen molar-refractivity contribution in [3.05, 3.63) is 71.8 Å². The van der Waals surface area contributed by atoms with Crippen molar-refractivity contribution in [3.63, 3.8) is 0 Å². The van der Waals surface area contributed by atoms with Gasteiger partial charge in [-0.25, -0.2) is 9.37 Å². The molecule has 2 aromatic rings.